The summed E-state index contributed by atoms with van der Waals surface area (Å²) in [7, 11) is 4.72. The van der Waals surface area contributed by atoms with E-state index in [9.17, 15) is 4.79 Å². The predicted molar refractivity (Wildman–Crippen MR) is 115 cm³/mol. The van der Waals surface area contributed by atoms with Crippen LogP contribution in [0.1, 0.15) is 41.1 Å². The van der Waals surface area contributed by atoms with Crippen molar-refractivity contribution >= 4 is 5.78 Å². The van der Waals surface area contributed by atoms with E-state index in [-0.39, 0.29) is 38.0 Å². The van der Waals surface area contributed by atoms with E-state index in [1.165, 1.54) is 0 Å². The van der Waals surface area contributed by atoms with Crippen molar-refractivity contribution in [3.63, 3.8) is 0 Å². The number of carbonyl (C=O) groups excluding carboxylic acids is 1. The highest BCUT2D eigenvalue weighted by atomic mass is 16.7. The van der Waals surface area contributed by atoms with E-state index in [0.717, 1.165) is 24.8 Å². The lowest BCUT2D eigenvalue weighted by molar-refractivity contribution is 0.0473. The van der Waals surface area contributed by atoms with Crippen molar-refractivity contribution in [2.75, 3.05) is 41.7 Å². The molecule has 0 bridgehead atoms. The average molecular weight is 430 g/mol. The molecule has 31 heavy (non-hydrogen) atoms. The van der Waals surface area contributed by atoms with Gasteiger partial charge in [-0.3, -0.25) is 4.79 Å². The van der Waals surface area contributed by atoms with Gasteiger partial charge in [-0.15, -0.1) is 0 Å². The van der Waals surface area contributed by atoms with Gasteiger partial charge in [0.05, 0.1) is 0 Å². The number of rotatable bonds is 12. The first kappa shape index (κ1) is 23.1. The fourth-order valence-corrected chi connectivity index (χ4v) is 4.01. The number of ketones is 1. The highest BCUT2D eigenvalue weighted by Gasteiger charge is 2.36. The molecule has 168 valence electrons. The second-order valence-corrected chi connectivity index (χ2v) is 7.39. The molecule has 0 aromatic heterocycles. The van der Waals surface area contributed by atoms with Crippen LogP contribution in [-0.2, 0) is 14.2 Å². The van der Waals surface area contributed by atoms with E-state index >= 15 is 0 Å². The highest BCUT2D eigenvalue weighted by molar-refractivity contribution is 5.99. The van der Waals surface area contributed by atoms with Crippen molar-refractivity contribution in [2.24, 2.45) is 5.92 Å². The molecule has 0 N–H and O–H groups in total. The summed E-state index contributed by atoms with van der Waals surface area (Å²) in [5.74, 6) is 1.96. The summed E-state index contributed by atoms with van der Waals surface area (Å²) in [5.41, 5.74) is 1.59. The Hall–Kier alpha value is -2.61. The third-order valence-corrected chi connectivity index (χ3v) is 5.37. The Morgan fingerprint density at radius 1 is 0.839 bits per heavy atom. The first-order valence-corrected chi connectivity index (χ1v) is 10.3. The van der Waals surface area contributed by atoms with Crippen LogP contribution in [0.2, 0.25) is 0 Å². The van der Waals surface area contributed by atoms with Crippen LogP contribution in [0.25, 0.3) is 0 Å². The number of hydrogen-bond acceptors (Lipinski definition) is 7. The van der Waals surface area contributed by atoms with Crippen LogP contribution >= 0.6 is 0 Å². The van der Waals surface area contributed by atoms with Gasteiger partial charge in [-0.25, -0.2) is 0 Å². The van der Waals surface area contributed by atoms with Gasteiger partial charge in [0.15, 0.2) is 26.2 Å². The Morgan fingerprint density at radius 3 is 2.23 bits per heavy atom. The first-order chi connectivity index (χ1) is 15.2. The topological polar surface area (TPSA) is 72.5 Å². The monoisotopic (exact) mass is 430 g/mol. The minimum Gasteiger partial charge on any atom is -0.468 e. The third-order valence-electron chi connectivity index (χ3n) is 5.37. The third kappa shape index (κ3) is 5.97. The first-order valence-electron chi connectivity index (χ1n) is 10.3. The lowest BCUT2D eigenvalue weighted by Gasteiger charge is -2.23. The molecule has 1 fully saturated rings. The van der Waals surface area contributed by atoms with Crippen LogP contribution < -0.4 is 14.2 Å². The van der Waals surface area contributed by atoms with Crippen LogP contribution in [0.4, 0.5) is 0 Å². The van der Waals surface area contributed by atoms with Gasteiger partial charge in [-0.05, 0) is 49.1 Å². The van der Waals surface area contributed by atoms with Crippen LogP contribution in [0.3, 0.4) is 0 Å². The fraction of sp³-hybridized carbons (Fsp3) is 0.458. The maximum Gasteiger partial charge on any atom is 0.188 e. The Bertz CT molecular complexity index is 852. The van der Waals surface area contributed by atoms with E-state index in [2.05, 4.69) is 0 Å². The standard InChI is InChI=1S/C24H30O7/c1-26-14-29-18-7-4-6-17(12-18)24(25)21-9-5-8-20(21)22-13-19(30-15-27-2)10-11-23(22)31-16-28-3/h4,6-7,10-13,20-21H,5,8-9,14-16H2,1-3H3/t20-,21+/m1/s1. The van der Waals surface area contributed by atoms with Crippen molar-refractivity contribution in [1.29, 1.82) is 0 Å². The van der Waals surface area contributed by atoms with Gasteiger partial charge in [0, 0.05) is 38.4 Å². The molecular formula is C24H30O7. The quantitative estimate of drug-likeness (QED) is 0.365. The minimum atomic E-state index is -0.153. The van der Waals surface area contributed by atoms with Crippen molar-refractivity contribution in [1.82, 2.24) is 0 Å². The second kappa shape index (κ2) is 11.7. The second-order valence-electron chi connectivity index (χ2n) is 7.39. The molecule has 0 radical (unpaired) electrons. The zero-order valence-corrected chi connectivity index (χ0v) is 18.3. The summed E-state index contributed by atoms with van der Waals surface area (Å²) in [6.45, 7) is 0.423. The van der Waals surface area contributed by atoms with E-state index in [1.807, 2.05) is 36.4 Å². The Labute approximate surface area is 183 Å². The molecule has 7 heteroatoms. The zero-order valence-electron chi connectivity index (χ0n) is 18.3. The van der Waals surface area contributed by atoms with Gasteiger partial charge in [-0.1, -0.05) is 18.6 Å². The molecule has 2 atom stereocenters. The summed E-state index contributed by atoms with van der Waals surface area (Å²) in [4.78, 5) is 13.4. The molecular weight excluding hydrogens is 400 g/mol. The Kier molecular flexibility index (Phi) is 8.70. The van der Waals surface area contributed by atoms with E-state index in [1.54, 1.807) is 27.4 Å². The van der Waals surface area contributed by atoms with Crippen LogP contribution in [0.15, 0.2) is 42.5 Å². The summed E-state index contributed by atoms with van der Waals surface area (Å²) in [5, 5.41) is 0. The maximum absolute atomic E-state index is 13.4. The van der Waals surface area contributed by atoms with E-state index in [4.69, 9.17) is 28.4 Å². The SMILES string of the molecule is COCOc1cccc(C(=O)[C@H]2CCC[C@H]2c2cc(OCOC)ccc2OCOC)c1. The minimum absolute atomic E-state index is 0.0222. The molecule has 1 aliphatic carbocycles. The summed E-state index contributed by atoms with van der Waals surface area (Å²) >= 11 is 0. The molecule has 0 unspecified atom stereocenters. The lowest BCUT2D eigenvalue weighted by Crippen LogP contribution is -2.19. The number of benzene rings is 2. The molecule has 0 heterocycles. The molecule has 1 aliphatic rings. The van der Waals surface area contributed by atoms with Crippen molar-refractivity contribution < 1.29 is 33.2 Å². The largest absolute Gasteiger partial charge is 0.468 e. The van der Waals surface area contributed by atoms with Gasteiger partial charge in [0.2, 0.25) is 0 Å². The van der Waals surface area contributed by atoms with Gasteiger partial charge >= 0.3 is 0 Å². The molecule has 3 rings (SSSR count). The van der Waals surface area contributed by atoms with Gasteiger partial charge in [-0.2, -0.15) is 0 Å². The zero-order chi connectivity index (χ0) is 22.1. The lowest BCUT2D eigenvalue weighted by atomic mass is 9.83. The fourth-order valence-electron chi connectivity index (χ4n) is 4.01. The van der Waals surface area contributed by atoms with Gasteiger partial charge < -0.3 is 28.4 Å². The van der Waals surface area contributed by atoms with E-state index in [0.29, 0.717) is 22.8 Å². The van der Waals surface area contributed by atoms with Gasteiger partial charge in [0.1, 0.15) is 17.2 Å². The highest BCUT2D eigenvalue weighted by Crippen LogP contribution is 2.45. The molecule has 2 aromatic rings. The van der Waals surface area contributed by atoms with Crippen LogP contribution in [-0.4, -0.2) is 47.5 Å². The maximum atomic E-state index is 13.4. The Morgan fingerprint density at radius 2 is 1.52 bits per heavy atom. The molecule has 2 aromatic carbocycles. The summed E-state index contributed by atoms with van der Waals surface area (Å²) in [6, 6.07) is 12.9. The summed E-state index contributed by atoms with van der Waals surface area (Å²) < 4.78 is 32.0. The molecule has 7 nitrogen and oxygen atoms in total. The Balaban J connectivity index is 1.86. The van der Waals surface area contributed by atoms with Crippen molar-refractivity contribution in [3.8, 4) is 17.2 Å². The van der Waals surface area contributed by atoms with Crippen molar-refractivity contribution in [2.45, 2.75) is 25.2 Å². The average Bonchev–Trinajstić information content (AvgIpc) is 3.29. The van der Waals surface area contributed by atoms with Crippen LogP contribution in [0, 0.1) is 5.92 Å². The van der Waals surface area contributed by atoms with Crippen LogP contribution in [0.5, 0.6) is 17.2 Å². The molecule has 1 saturated carbocycles. The number of Topliss-reactive ketones (excluding diaryl/α,β-unsaturated/α-hetero) is 1. The van der Waals surface area contributed by atoms with Crippen molar-refractivity contribution in [3.05, 3.63) is 53.6 Å². The normalized spacial score (nSPS) is 18.0. The van der Waals surface area contributed by atoms with E-state index < -0.39 is 0 Å². The molecule has 0 amide bonds. The number of ether oxygens (including phenoxy) is 6. The molecule has 0 saturated heterocycles. The summed E-state index contributed by atoms with van der Waals surface area (Å²) in [6.07, 6.45) is 2.68. The predicted octanol–water partition coefficient (Wildman–Crippen LogP) is 4.40. The number of methoxy groups -OCH3 is 3. The number of hydrogen-bond donors (Lipinski definition) is 0. The molecule has 0 spiro atoms. The smallest absolute Gasteiger partial charge is 0.188 e. The molecule has 0 aliphatic heterocycles. The number of carbonyl (C=O) groups is 1. The van der Waals surface area contributed by atoms with Gasteiger partial charge in [0.25, 0.3) is 0 Å².